The Hall–Kier alpha value is -2.41. The Morgan fingerprint density at radius 1 is 1.30 bits per heavy atom. The quantitative estimate of drug-likeness (QED) is 0.659. The van der Waals surface area contributed by atoms with Crippen LogP contribution in [0.1, 0.15) is 16.1 Å². The van der Waals surface area contributed by atoms with Gasteiger partial charge in [-0.25, -0.2) is 14.5 Å². The second-order valence-electron chi connectivity index (χ2n) is 5.44. The SMILES string of the molecule is CN1c2ccccc2CCN1C(=O)c1cc2ncc(Br)cn2n1. The van der Waals surface area contributed by atoms with Crippen molar-refractivity contribution in [3.63, 3.8) is 0 Å². The zero-order valence-corrected chi connectivity index (χ0v) is 14.1. The third-order valence-electron chi connectivity index (χ3n) is 4.03. The Balaban J connectivity index is 1.68. The lowest BCUT2D eigenvalue weighted by Crippen LogP contribution is -2.48. The number of nitrogens with zero attached hydrogens (tertiary/aromatic N) is 5. The van der Waals surface area contributed by atoms with Crippen LogP contribution in [0.25, 0.3) is 5.65 Å². The van der Waals surface area contributed by atoms with E-state index in [1.807, 2.05) is 30.3 Å². The summed E-state index contributed by atoms with van der Waals surface area (Å²) in [6.45, 7) is 0.636. The standard InChI is InChI=1S/C16H14BrN5O/c1-20-14-5-3-2-4-11(14)6-7-22(20)16(23)13-8-15-18-9-12(17)10-21(15)19-13/h2-5,8-10H,6-7H2,1H3. The molecule has 0 atom stereocenters. The monoisotopic (exact) mass is 371 g/mol. The van der Waals surface area contributed by atoms with Gasteiger partial charge in [-0.05, 0) is 34.0 Å². The molecule has 4 rings (SSSR count). The van der Waals surface area contributed by atoms with Crippen molar-refractivity contribution >= 4 is 33.2 Å². The van der Waals surface area contributed by atoms with Gasteiger partial charge >= 0.3 is 0 Å². The summed E-state index contributed by atoms with van der Waals surface area (Å²) in [6, 6.07) is 9.84. The van der Waals surface area contributed by atoms with E-state index in [9.17, 15) is 4.79 Å². The Bertz CT molecular complexity index is 906. The zero-order chi connectivity index (χ0) is 16.0. The number of carbonyl (C=O) groups is 1. The van der Waals surface area contributed by atoms with E-state index in [4.69, 9.17) is 0 Å². The molecule has 0 aliphatic carbocycles. The first kappa shape index (κ1) is 14.2. The summed E-state index contributed by atoms with van der Waals surface area (Å²) in [4.78, 5) is 17.1. The van der Waals surface area contributed by atoms with Crippen LogP contribution in [0.15, 0.2) is 47.2 Å². The molecule has 3 heterocycles. The molecule has 7 heteroatoms. The molecule has 116 valence electrons. The number of para-hydroxylation sites is 1. The number of aromatic nitrogens is 3. The number of carbonyl (C=O) groups excluding carboxylic acids is 1. The molecule has 23 heavy (non-hydrogen) atoms. The number of halogens is 1. The van der Waals surface area contributed by atoms with Crippen LogP contribution < -0.4 is 5.01 Å². The maximum absolute atomic E-state index is 12.8. The predicted molar refractivity (Wildman–Crippen MR) is 90.3 cm³/mol. The van der Waals surface area contributed by atoms with Gasteiger partial charge < -0.3 is 0 Å². The Morgan fingerprint density at radius 2 is 2.13 bits per heavy atom. The lowest BCUT2D eigenvalue weighted by atomic mass is 10.1. The summed E-state index contributed by atoms with van der Waals surface area (Å²) in [5, 5.41) is 7.96. The molecular formula is C16H14BrN5O. The van der Waals surface area contributed by atoms with Crippen molar-refractivity contribution in [1.29, 1.82) is 0 Å². The van der Waals surface area contributed by atoms with Crippen LogP contribution in [-0.2, 0) is 6.42 Å². The van der Waals surface area contributed by atoms with Crippen LogP contribution in [0, 0.1) is 0 Å². The summed E-state index contributed by atoms with van der Waals surface area (Å²) in [6.07, 6.45) is 4.31. The van der Waals surface area contributed by atoms with Gasteiger partial charge in [0, 0.05) is 32.1 Å². The fourth-order valence-corrected chi connectivity index (χ4v) is 3.17. The fraction of sp³-hybridized carbons (Fsp3) is 0.188. The summed E-state index contributed by atoms with van der Waals surface area (Å²) < 4.78 is 2.42. The van der Waals surface area contributed by atoms with Gasteiger partial charge in [0.25, 0.3) is 5.91 Å². The minimum atomic E-state index is -0.122. The van der Waals surface area contributed by atoms with Crippen molar-refractivity contribution in [2.45, 2.75) is 6.42 Å². The minimum Gasteiger partial charge on any atom is -0.285 e. The topological polar surface area (TPSA) is 53.7 Å². The molecule has 1 amide bonds. The Labute approximate surface area is 141 Å². The molecule has 0 bridgehead atoms. The summed E-state index contributed by atoms with van der Waals surface area (Å²) >= 11 is 3.36. The molecule has 0 saturated carbocycles. The summed E-state index contributed by atoms with van der Waals surface area (Å²) in [5.41, 5.74) is 3.34. The van der Waals surface area contributed by atoms with Gasteiger partial charge in [0.1, 0.15) is 0 Å². The molecule has 0 spiro atoms. The van der Waals surface area contributed by atoms with Crippen LogP contribution in [-0.4, -0.2) is 39.1 Å². The van der Waals surface area contributed by atoms with E-state index >= 15 is 0 Å². The first-order valence-electron chi connectivity index (χ1n) is 7.28. The highest BCUT2D eigenvalue weighted by Gasteiger charge is 2.27. The van der Waals surface area contributed by atoms with Crippen LogP contribution in [0.5, 0.6) is 0 Å². The van der Waals surface area contributed by atoms with E-state index in [-0.39, 0.29) is 5.91 Å². The van der Waals surface area contributed by atoms with Crippen molar-refractivity contribution in [3.8, 4) is 0 Å². The van der Waals surface area contributed by atoms with E-state index in [2.05, 4.69) is 32.1 Å². The predicted octanol–water partition coefficient (Wildman–Crippen LogP) is 2.54. The van der Waals surface area contributed by atoms with E-state index in [0.29, 0.717) is 17.9 Å². The average molecular weight is 372 g/mol. The molecule has 1 aromatic carbocycles. The van der Waals surface area contributed by atoms with Crippen LogP contribution in [0.2, 0.25) is 0 Å². The fourth-order valence-electron chi connectivity index (χ4n) is 2.87. The van der Waals surface area contributed by atoms with Gasteiger partial charge in [-0.3, -0.25) is 9.80 Å². The summed E-state index contributed by atoms with van der Waals surface area (Å²) in [7, 11) is 1.90. The van der Waals surface area contributed by atoms with Gasteiger partial charge in [0.05, 0.1) is 10.2 Å². The third-order valence-corrected chi connectivity index (χ3v) is 4.44. The Morgan fingerprint density at radius 3 is 3.00 bits per heavy atom. The zero-order valence-electron chi connectivity index (χ0n) is 12.5. The van der Waals surface area contributed by atoms with Gasteiger partial charge in [-0.1, -0.05) is 18.2 Å². The van der Waals surface area contributed by atoms with E-state index in [1.54, 1.807) is 28.0 Å². The first-order chi connectivity index (χ1) is 11.1. The number of rotatable bonds is 1. The molecule has 3 aromatic rings. The maximum atomic E-state index is 12.8. The minimum absolute atomic E-state index is 0.122. The van der Waals surface area contributed by atoms with Gasteiger partial charge in [0.2, 0.25) is 0 Å². The van der Waals surface area contributed by atoms with Gasteiger partial charge in [-0.15, -0.1) is 0 Å². The van der Waals surface area contributed by atoms with Crippen molar-refractivity contribution in [2.24, 2.45) is 0 Å². The summed E-state index contributed by atoms with van der Waals surface area (Å²) in [5.74, 6) is -0.122. The third kappa shape index (κ3) is 2.37. The maximum Gasteiger partial charge on any atom is 0.292 e. The largest absolute Gasteiger partial charge is 0.292 e. The normalized spacial score (nSPS) is 14.2. The highest BCUT2D eigenvalue weighted by atomic mass is 79.9. The first-order valence-corrected chi connectivity index (χ1v) is 8.07. The number of hydrazine groups is 1. The van der Waals surface area contributed by atoms with Crippen molar-refractivity contribution in [1.82, 2.24) is 19.6 Å². The molecular weight excluding hydrogens is 358 g/mol. The molecule has 0 fully saturated rings. The average Bonchev–Trinajstić information content (AvgIpc) is 2.98. The van der Waals surface area contributed by atoms with Crippen LogP contribution in [0.4, 0.5) is 5.69 Å². The number of benzene rings is 1. The van der Waals surface area contributed by atoms with Crippen molar-refractivity contribution in [3.05, 3.63) is 58.5 Å². The molecule has 2 aromatic heterocycles. The molecule has 0 unspecified atom stereocenters. The lowest BCUT2D eigenvalue weighted by Gasteiger charge is -2.38. The van der Waals surface area contributed by atoms with Crippen molar-refractivity contribution in [2.75, 3.05) is 18.6 Å². The smallest absolute Gasteiger partial charge is 0.285 e. The highest BCUT2D eigenvalue weighted by molar-refractivity contribution is 9.10. The van der Waals surface area contributed by atoms with E-state index < -0.39 is 0 Å². The molecule has 1 aliphatic heterocycles. The Kier molecular flexibility index (Phi) is 3.30. The van der Waals surface area contributed by atoms with Gasteiger partial charge in [-0.2, -0.15) is 5.10 Å². The number of amides is 1. The molecule has 0 N–H and O–H groups in total. The number of hydrogen-bond acceptors (Lipinski definition) is 4. The number of hydrogen-bond donors (Lipinski definition) is 0. The lowest BCUT2D eigenvalue weighted by molar-refractivity contribution is 0.0732. The van der Waals surface area contributed by atoms with E-state index in [0.717, 1.165) is 16.6 Å². The van der Waals surface area contributed by atoms with E-state index in [1.165, 1.54) is 5.56 Å². The molecule has 6 nitrogen and oxygen atoms in total. The number of anilines is 1. The number of fused-ring (bicyclic) bond motifs is 2. The molecule has 0 radical (unpaired) electrons. The second kappa shape index (κ2) is 5.34. The van der Waals surface area contributed by atoms with Crippen molar-refractivity contribution < 1.29 is 4.79 Å². The second-order valence-corrected chi connectivity index (χ2v) is 6.35. The van der Waals surface area contributed by atoms with Gasteiger partial charge in [0.15, 0.2) is 11.3 Å². The highest BCUT2D eigenvalue weighted by Crippen LogP contribution is 2.27. The van der Waals surface area contributed by atoms with Crippen LogP contribution in [0.3, 0.4) is 0 Å². The molecule has 1 aliphatic rings. The molecule has 0 saturated heterocycles. The van der Waals surface area contributed by atoms with Crippen LogP contribution >= 0.6 is 15.9 Å².